The molecule has 0 unspecified atom stereocenters. The van der Waals surface area contributed by atoms with Crippen molar-refractivity contribution >= 4 is 11.2 Å². The fourth-order valence-electron chi connectivity index (χ4n) is 3.53. The minimum Gasteiger partial charge on any atom is -0.406 e. The second-order valence-electron chi connectivity index (χ2n) is 6.93. The monoisotopic (exact) mass is 353 g/mol. The SMILES string of the molecule is CCCn1c(Oc2cc(C)ccn2)nc2nc(C3CCCC3)[nH]c2c1=O. The molecule has 0 aromatic carbocycles. The van der Waals surface area contributed by atoms with Gasteiger partial charge in [-0.1, -0.05) is 19.8 Å². The van der Waals surface area contributed by atoms with Crippen LogP contribution in [0.1, 0.15) is 56.3 Å². The maximum Gasteiger partial charge on any atom is 0.308 e. The molecule has 1 aliphatic carbocycles. The highest BCUT2D eigenvalue weighted by molar-refractivity contribution is 5.70. The van der Waals surface area contributed by atoms with Crippen LogP contribution in [0.3, 0.4) is 0 Å². The number of pyridine rings is 1. The van der Waals surface area contributed by atoms with E-state index in [1.165, 1.54) is 12.8 Å². The zero-order valence-corrected chi connectivity index (χ0v) is 15.2. The van der Waals surface area contributed by atoms with Crippen LogP contribution in [0.25, 0.3) is 11.2 Å². The molecule has 7 heteroatoms. The third-order valence-corrected chi connectivity index (χ3v) is 4.87. The van der Waals surface area contributed by atoms with Crippen molar-refractivity contribution in [2.75, 3.05) is 0 Å². The van der Waals surface area contributed by atoms with E-state index in [2.05, 4.69) is 19.9 Å². The Labute approximate surface area is 151 Å². The minimum absolute atomic E-state index is 0.142. The summed E-state index contributed by atoms with van der Waals surface area (Å²) in [6.07, 6.45) is 7.12. The average Bonchev–Trinajstić information content (AvgIpc) is 3.27. The van der Waals surface area contributed by atoms with Gasteiger partial charge in [0.1, 0.15) is 5.82 Å². The van der Waals surface area contributed by atoms with E-state index in [0.717, 1.165) is 30.7 Å². The molecule has 1 fully saturated rings. The summed E-state index contributed by atoms with van der Waals surface area (Å²) in [7, 11) is 0. The van der Waals surface area contributed by atoms with Gasteiger partial charge in [-0.3, -0.25) is 9.36 Å². The fourth-order valence-corrected chi connectivity index (χ4v) is 3.53. The molecular weight excluding hydrogens is 330 g/mol. The molecule has 1 aliphatic rings. The molecule has 0 atom stereocenters. The van der Waals surface area contributed by atoms with E-state index < -0.39 is 0 Å². The molecule has 26 heavy (non-hydrogen) atoms. The molecule has 0 bridgehead atoms. The molecule has 0 aliphatic heterocycles. The van der Waals surface area contributed by atoms with Crippen molar-refractivity contribution < 1.29 is 4.74 Å². The highest BCUT2D eigenvalue weighted by Gasteiger charge is 2.23. The van der Waals surface area contributed by atoms with Gasteiger partial charge >= 0.3 is 6.01 Å². The smallest absolute Gasteiger partial charge is 0.308 e. The van der Waals surface area contributed by atoms with Crippen LogP contribution >= 0.6 is 0 Å². The Hall–Kier alpha value is -2.70. The number of aryl methyl sites for hydroxylation is 1. The Morgan fingerprint density at radius 1 is 1.31 bits per heavy atom. The molecule has 7 nitrogen and oxygen atoms in total. The molecule has 3 aromatic heterocycles. The van der Waals surface area contributed by atoms with Gasteiger partial charge in [0.25, 0.3) is 5.56 Å². The number of aromatic amines is 1. The predicted octanol–water partition coefficient (Wildman–Crippen LogP) is 3.68. The van der Waals surface area contributed by atoms with Crippen LogP contribution in [0.4, 0.5) is 0 Å². The molecule has 0 amide bonds. The Kier molecular flexibility index (Phi) is 4.44. The lowest BCUT2D eigenvalue weighted by Crippen LogP contribution is -2.23. The second kappa shape index (κ2) is 6.90. The molecule has 1 N–H and O–H groups in total. The first-order chi connectivity index (χ1) is 12.7. The maximum absolute atomic E-state index is 13.0. The number of hydrogen-bond acceptors (Lipinski definition) is 5. The van der Waals surface area contributed by atoms with Gasteiger partial charge < -0.3 is 9.72 Å². The van der Waals surface area contributed by atoms with Gasteiger partial charge in [-0.25, -0.2) is 9.97 Å². The van der Waals surface area contributed by atoms with Gasteiger partial charge in [0.2, 0.25) is 5.88 Å². The van der Waals surface area contributed by atoms with E-state index in [1.807, 2.05) is 26.0 Å². The Balaban J connectivity index is 1.79. The van der Waals surface area contributed by atoms with E-state index in [4.69, 9.17) is 4.74 Å². The molecule has 3 heterocycles. The van der Waals surface area contributed by atoms with E-state index in [9.17, 15) is 4.79 Å². The van der Waals surface area contributed by atoms with Gasteiger partial charge in [0, 0.05) is 24.7 Å². The standard InChI is InChI=1S/C19H23N5O2/c1-3-10-24-18(25)15-17(22-16(21-15)13-6-4-5-7-13)23-19(24)26-14-11-12(2)8-9-20-14/h8-9,11,13H,3-7,10H2,1-2H3,(H,21,22). The van der Waals surface area contributed by atoms with Crippen LogP contribution in [0, 0.1) is 6.92 Å². The van der Waals surface area contributed by atoms with Gasteiger partial charge in [-0.2, -0.15) is 4.98 Å². The first-order valence-electron chi connectivity index (χ1n) is 9.26. The Bertz CT molecular complexity index is 985. The van der Waals surface area contributed by atoms with Crippen molar-refractivity contribution in [2.24, 2.45) is 0 Å². The topological polar surface area (TPSA) is 85.7 Å². The second-order valence-corrected chi connectivity index (χ2v) is 6.93. The summed E-state index contributed by atoms with van der Waals surface area (Å²) in [4.78, 5) is 29.5. The summed E-state index contributed by atoms with van der Waals surface area (Å²) < 4.78 is 7.41. The summed E-state index contributed by atoms with van der Waals surface area (Å²) in [6.45, 7) is 4.51. The quantitative estimate of drug-likeness (QED) is 0.756. The normalized spacial score (nSPS) is 15.0. The first-order valence-corrected chi connectivity index (χ1v) is 9.26. The number of fused-ring (bicyclic) bond motifs is 1. The van der Waals surface area contributed by atoms with Crippen molar-refractivity contribution in [2.45, 2.75) is 58.4 Å². The number of nitrogens with zero attached hydrogens (tertiary/aromatic N) is 4. The number of ether oxygens (including phenoxy) is 1. The predicted molar refractivity (Wildman–Crippen MR) is 98.7 cm³/mol. The lowest BCUT2D eigenvalue weighted by Gasteiger charge is -2.11. The highest BCUT2D eigenvalue weighted by atomic mass is 16.5. The van der Waals surface area contributed by atoms with Crippen LogP contribution in [-0.4, -0.2) is 24.5 Å². The minimum atomic E-state index is -0.142. The summed E-state index contributed by atoms with van der Waals surface area (Å²) in [6, 6.07) is 3.96. The molecule has 0 radical (unpaired) electrons. The molecule has 0 spiro atoms. The largest absolute Gasteiger partial charge is 0.406 e. The number of aromatic nitrogens is 5. The average molecular weight is 353 g/mol. The van der Waals surface area contributed by atoms with Crippen molar-refractivity contribution in [1.29, 1.82) is 0 Å². The van der Waals surface area contributed by atoms with Crippen LogP contribution in [0.15, 0.2) is 23.1 Å². The lowest BCUT2D eigenvalue weighted by atomic mass is 10.1. The maximum atomic E-state index is 13.0. The Morgan fingerprint density at radius 3 is 2.85 bits per heavy atom. The molecule has 3 aromatic rings. The van der Waals surface area contributed by atoms with E-state index >= 15 is 0 Å². The lowest BCUT2D eigenvalue weighted by molar-refractivity contribution is 0.385. The zero-order valence-electron chi connectivity index (χ0n) is 15.2. The number of imidazole rings is 1. The summed E-state index contributed by atoms with van der Waals surface area (Å²) >= 11 is 0. The number of H-pyrrole nitrogens is 1. The fraction of sp³-hybridized carbons (Fsp3) is 0.474. The molecule has 136 valence electrons. The van der Waals surface area contributed by atoms with Crippen molar-refractivity contribution in [3.05, 3.63) is 40.1 Å². The molecule has 1 saturated carbocycles. The zero-order chi connectivity index (χ0) is 18.1. The third kappa shape index (κ3) is 3.09. The first kappa shape index (κ1) is 16.8. The number of hydrogen-bond donors (Lipinski definition) is 1. The van der Waals surface area contributed by atoms with Gasteiger partial charge in [0.05, 0.1) is 0 Å². The van der Waals surface area contributed by atoms with E-state index in [1.54, 1.807) is 10.8 Å². The van der Waals surface area contributed by atoms with Gasteiger partial charge in [-0.15, -0.1) is 0 Å². The number of nitrogens with one attached hydrogen (secondary N) is 1. The highest BCUT2D eigenvalue weighted by Crippen LogP contribution is 2.33. The Morgan fingerprint density at radius 2 is 2.12 bits per heavy atom. The van der Waals surface area contributed by atoms with Crippen LogP contribution in [0.5, 0.6) is 11.9 Å². The van der Waals surface area contributed by atoms with Crippen LogP contribution in [-0.2, 0) is 6.54 Å². The molecule has 0 saturated heterocycles. The van der Waals surface area contributed by atoms with E-state index in [-0.39, 0.29) is 11.6 Å². The molecule has 4 rings (SSSR count). The summed E-state index contributed by atoms with van der Waals surface area (Å²) in [5.41, 5.74) is 1.77. The van der Waals surface area contributed by atoms with Crippen LogP contribution < -0.4 is 10.3 Å². The summed E-state index contributed by atoms with van der Waals surface area (Å²) in [5, 5.41) is 0. The van der Waals surface area contributed by atoms with Crippen molar-refractivity contribution in [3.8, 4) is 11.9 Å². The number of rotatable bonds is 5. The van der Waals surface area contributed by atoms with Crippen molar-refractivity contribution in [3.63, 3.8) is 0 Å². The molecular formula is C19H23N5O2. The van der Waals surface area contributed by atoms with Gasteiger partial charge in [0.15, 0.2) is 11.2 Å². The van der Waals surface area contributed by atoms with Crippen LogP contribution in [0.2, 0.25) is 0 Å². The van der Waals surface area contributed by atoms with E-state index in [0.29, 0.717) is 29.5 Å². The van der Waals surface area contributed by atoms with Crippen molar-refractivity contribution in [1.82, 2.24) is 24.5 Å². The third-order valence-electron chi connectivity index (χ3n) is 4.87. The van der Waals surface area contributed by atoms with Gasteiger partial charge in [-0.05, 0) is 37.8 Å². The summed E-state index contributed by atoms with van der Waals surface area (Å²) in [5.74, 6) is 1.69.